The molecule has 5 nitrogen and oxygen atoms in total. The van der Waals surface area contributed by atoms with Gasteiger partial charge in [-0.15, -0.1) is 0 Å². The summed E-state index contributed by atoms with van der Waals surface area (Å²) < 4.78 is 0. The Morgan fingerprint density at radius 2 is 2.05 bits per heavy atom. The zero-order valence-electron chi connectivity index (χ0n) is 12.5. The van der Waals surface area contributed by atoms with Crippen molar-refractivity contribution in [3.63, 3.8) is 0 Å². The Labute approximate surface area is 120 Å². The Hall–Kier alpha value is -1.26. The van der Waals surface area contributed by atoms with Gasteiger partial charge in [-0.05, 0) is 37.0 Å². The van der Waals surface area contributed by atoms with Crippen LogP contribution < -0.4 is 5.32 Å². The number of piperidine rings is 1. The minimum absolute atomic E-state index is 0.221. The standard InChI is InChI=1S/C15H26N2O3/c1-15(2)8-4-10-17(12(15)13(18)19)14(20)16-9-3-5-11-6-7-11/h11-12H,3-10H2,1-2H3,(H,16,20)(H,18,19). The number of carbonyl (C=O) groups excluding carboxylic acids is 1. The van der Waals surface area contributed by atoms with Crippen molar-refractivity contribution < 1.29 is 14.7 Å². The lowest BCUT2D eigenvalue weighted by molar-refractivity contribution is -0.148. The second-order valence-electron chi connectivity index (χ2n) is 6.84. The van der Waals surface area contributed by atoms with E-state index in [1.54, 1.807) is 0 Å². The van der Waals surface area contributed by atoms with E-state index in [2.05, 4.69) is 5.32 Å². The minimum Gasteiger partial charge on any atom is -0.480 e. The van der Waals surface area contributed by atoms with Crippen LogP contribution in [0.15, 0.2) is 0 Å². The number of likely N-dealkylation sites (tertiary alicyclic amines) is 1. The molecule has 1 saturated heterocycles. The van der Waals surface area contributed by atoms with E-state index in [1.807, 2.05) is 13.8 Å². The van der Waals surface area contributed by atoms with Crippen molar-refractivity contribution in [2.45, 2.75) is 58.4 Å². The molecule has 0 radical (unpaired) electrons. The summed E-state index contributed by atoms with van der Waals surface area (Å²) >= 11 is 0. The number of hydrogen-bond acceptors (Lipinski definition) is 2. The van der Waals surface area contributed by atoms with Crippen molar-refractivity contribution in [1.29, 1.82) is 0 Å². The summed E-state index contributed by atoms with van der Waals surface area (Å²) in [4.78, 5) is 25.2. The average molecular weight is 282 g/mol. The molecule has 1 aliphatic heterocycles. The van der Waals surface area contributed by atoms with Crippen LogP contribution in [0.3, 0.4) is 0 Å². The Kier molecular flexibility index (Phi) is 4.55. The van der Waals surface area contributed by atoms with Gasteiger partial charge in [0.15, 0.2) is 0 Å². The summed E-state index contributed by atoms with van der Waals surface area (Å²) in [6.07, 6.45) is 6.53. The highest BCUT2D eigenvalue weighted by Crippen LogP contribution is 2.35. The first-order valence-electron chi connectivity index (χ1n) is 7.69. The summed E-state index contributed by atoms with van der Waals surface area (Å²) in [7, 11) is 0. The first kappa shape index (κ1) is 15.1. The molecule has 5 heteroatoms. The third-order valence-electron chi connectivity index (χ3n) is 4.53. The van der Waals surface area contributed by atoms with Crippen molar-refractivity contribution >= 4 is 12.0 Å². The van der Waals surface area contributed by atoms with Gasteiger partial charge >= 0.3 is 12.0 Å². The normalized spacial score (nSPS) is 25.3. The summed E-state index contributed by atoms with van der Waals surface area (Å²) in [5.74, 6) is -0.0320. The first-order chi connectivity index (χ1) is 9.42. The number of rotatable bonds is 5. The molecule has 2 N–H and O–H groups in total. The van der Waals surface area contributed by atoms with E-state index in [4.69, 9.17) is 0 Å². The molecule has 1 heterocycles. The van der Waals surface area contributed by atoms with Crippen LogP contribution in [0.25, 0.3) is 0 Å². The van der Waals surface area contributed by atoms with Crippen molar-refractivity contribution in [2.24, 2.45) is 11.3 Å². The molecule has 114 valence electrons. The Morgan fingerprint density at radius 1 is 1.35 bits per heavy atom. The van der Waals surface area contributed by atoms with Gasteiger partial charge in [0.05, 0.1) is 0 Å². The number of nitrogens with one attached hydrogen (secondary N) is 1. The highest BCUT2D eigenvalue weighted by Gasteiger charge is 2.44. The molecular formula is C15H26N2O3. The molecule has 1 unspecified atom stereocenters. The smallest absolute Gasteiger partial charge is 0.327 e. The van der Waals surface area contributed by atoms with Crippen LogP contribution in [-0.2, 0) is 4.79 Å². The van der Waals surface area contributed by atoms with Gasteiger partial charge in [0.1, 0.15) is 6.04 Å². The van der Waals surface area contributed by atoms with Crippen molar-refractivity contribution in [1.82, 2.24) is 10.2 Å². The van der Waals surface area contributed by atoms with E-state index < -0.39 is 12.0 Å². The summed E-state index contributed by atoms with van der Waals surface area (Å²) in [6, 6.07) is -0.944. The van der Waals surface area contributed by atoms with Crippen molar-refractivity contribution in [3.8, 4) is 0 Å². The Bertz CT molecular complexity index is 377. The first-order valence-corrected chi connectivity index (χ1v) is 7.69. The lowest BCUT2D eigenvalue weighted by Crippen LogP contribution is -2.58. The fraction of sp³-hybridized carbons (Fsp3) is 0.867. The fourth-order valence-electron chi connectivity index (χ4n) is 3.17. The third kappa shape index (κ3) is 3.64. The monoisotopic (exact) mass is 282 g/mol. The van der Waals surface area contributed by atoms with Gasteiger partial charge in [0.25, 0.3) is 0 Å². The zero-order valence-corrected chi connectivity index (χ0v) is 12.5. The molecule has 0 aromatic heterocycles. The quantitative estimate of drug-likeness (QED) is 0.761. The number of amides is 2. The molecule has 0 aromatic rings. The topological polar surface area (TPSA) is 69.6 Å². The van der Waals surface area contributed by atoms with Crippen LogP contribution in [0.4, 0.5) is 4.79 Å². The van der Waals surface area contributed by atoms with E-state index in [-0.39, 0.29) is 11.4 Å². The predicted octanol–water partition coefficient (Wildman–Crippen LogP) is 2.46. The van der Waals surface area contributed by atoms with Gasteiger partial charge in [-0.25, -0.2) is 9.59 Å². The molecule has 2 amide bonds. The third-order valence-corrected chi connectivity index (χ3v) is 4.53. The van der Waals surface area contributed by atoms with Gasteiger partial charge in [0, 0.05) is 13.1 Å². The molecule has 0 aromatic carbocycles. The maximum absolute atomic E-state index is 12.2. The molecular weight excluding hydrogens is 256 g/mol. The lowest BCUT2D eigenvalue weighted by atomic mass is 9.76. The molecule has 0 bridgehead atoms. The number of carbonyl (C=O) groups is 2. The largest absolute Gasteiger partial charge is 0.480 e. The predicted molar refractivity (Wildman–Crippen MR) is 76.5 cm³/mol. The van der Waals surface area contributed by atoms with Crippen LogP contribution in [0, 0.1) is 11.3 Å². The van der Waals surface area contributed by atoms with E-state index in [9.17, 15) is 14.7 Å². The van der Waals surface area contributed by atoms with Crippen LogP contribution in [-0.4, -0.2) is 41.1 Å². The van der Waals surface area contributed by atoms with Gasteiger partial charge in [0.2, 0.25) is 0 Å². The maximum atomic E-state index is 12.2. The minimum atomic E-state index is -0.900. The van der Waals surface area contributed by atoms with Crippen LogP contribution in [0.1, 0.15) is 52.4 Å². The van der Waals surface area contributed by atoms with Gasteiger partial charge in [-0.1, -0.05) is 26.7 Å². The number of carboxylic acid groups (broad SMARTS) is 1. The number of carboxylic acids is 1. The molecule has 1 saturated carbocycles. The molecule has 20 heavy (non-hydrogen) atoms. The van der Waals surface area contributed by atoms with Crippen LogP contribution >= 0.6 is 0 Å². The van der Waals surface area contributed by atoms with E-state index in [1.165, 1.54) is 24.2 Å². The molecule has 2 rings (SSSR count). The second kappa shape index (κ2) is 6.02. The SMILES string of the molecule is CC1(C)CCCN(C(=O)NCCCC2CC2)C1C(=O)O. The maximum Gasteiger partial charge on any atom is 0.327 e. The molecule has 0 spiro atoms. The van der Waals surface area contributed by atoms with E-state index >= 15 is 0 Å². The Morgan fingerprint density at radius 3 is 2.65 bits per heavy atom. The zero-order chi connectivity index (χ0) is 14.8. The van der Waals surface area contributed by atoms with Crippen molar-refractivity contribution in [3.05, 3.63) is 0 Å². The van der Waals surface area contributed by atoms with Crippen LogP contribution in [0.5, 0.6) is 0 Å². The van der Waals surface area contributed by atoms with Gasteiger partial charge in [-0.3, -0.25) is 0 Å². The summed E-state index contributed by atoms with van der Waals surface area (Å²) in [6.45, 7) is 5.05. The number of hydrogen-bond donors (Lipinski definition) is 2. The van der Waals surface area contributed by atoms with Crippen molar-refractivity contribution in [2.75, 3.05) is 13.1 Å². The summed E-state index contributed by atoms with van der Waals surface area (Å²) in [5.41, 5.74) is -0.366. The van der Waals surface area contributed by atoms with E-state index in [0.717, 1.165) is 25.2 Å². The molecule has 2 fully saturated rings. The molecule has 1 aliphatic carbocycles. The molecule has 2 aliphatic rings. The summed E-state index contributed by atoms with van der Waals surface area (Å²) in [5, 5.41) is 12.3. The number of aliphatic carboxylic acids is 1. The fourth-order valence-corrected chi connectivity index (χ4v) is 3.17. The second-order valence-corrected chi connectivity index (χ2v) is 6.84. The Balaban J connectivity index is 1.86. The van der Waals surface area contributed by atoms with Gasteiger partial charge in [-0.2, -0.15) is 0 Å². The lowest BCUT2D eigenvalue weighted by Gasteiger charge is -2.43. The van der Waals surface area contributed by atoms with Crippen LogP contribution in [0.2, 0.25) is 0 Å². The molecule has 1 atom stereocenters. The number of nitrogens with zero attached hydrogens (tertiary/aromatic N) is 1. The van der Waals surface area contributed by atoms with Gasteiger partial charge < -0.3 is 15.3 Å². The highest BCUT2D eigenvalue weighted by molar-refractivity contribution is 5.83. The van der Waals surface area contributed by atoms with E-state index in [0.29, 0.717) is 13.1 Å². The number of urea groups is 1. The average Bonchev–Trinajstić information content (AvgIpc) is 3.16. The highest BCUT2D eigenvalue weighted by atomic mass is 16.4.